The molecule has 1 aromatic carbocycles. The quantitative estimate of drug-likeness (QED) is 0.766. The van der Waals surface area contributed by atoms with Gasteiger partial charge in [-0.15, -0.1) is 0 Å². The molecule has 2 heterocycles. The van der Waals surface area contributed by atoms with E-state index in [4.69, 9.17) is 0 Å². The first-order valence-electron chi connectivity index (χ1n) is 7.86. The van der Waals surface area contributed by atoms with Crippen molar-refractivity contribution >= 4 is 12.0 Å². The summed E-state index contributed by atoms with van der Waals surface area (Å²) in [6.07, 6.45) is 6.98. The number of rotatable bonds is 4. The van der Waals surface area contributed by atoms with Gasteiger partial charge in [0.1, 0.15) is 0 Å². The largest absolute Gasteiger partial charge is 0.335 e. The molecule has 0 unspecified atom stereocenters. The summed E-state index contributed by atoms with van der Waals surface area (Å²) >= 11 is 0. The van der Waals surface area contributed by atoms with Crippen LogP contribution in [0.25, 0.3) is 11.8 Å². The first kappa shape index (κ1) is 15.5. The zero-order valence-corrected chi connectivity index (χ0v) is 13.3. The minimum absolute atomic E-state index is 0.1000. The van der Waals surface area contributed by atoms with Crippen molar-refractivity contribution in [1.29, 1.82) is 0 Å². The second-order valence-corrected chi connectivity index (χ2v) is 5.81. The zero-order chi connectivity index (χ0) is 16.1. The molecule has 0 spiro atoms. The summed E-state index contributed by atoms with van der Waals surface area (Å²) in [6.45, 7) is 3.87. The highest BCUT2D eigenvalue weighted by atomic mass is 16.2. The van der Waals surface area contributed by atoms with Crippen molar-refractivity contribution in [2.24, 2.45) is 0 Å². The molecular formula is C17H22N5O+. The Morgan fingerprint density at radius 3 is 2.74 bits per heavy atom. The van der Waals surface area contributed by atoms with Crippen LogP contribution in [0.15, 0.2) is 48.8 Å². The molecule has 3 rings (SSSR count). The molecule has 2 aromatic rings. The lowest BCUT2D eigenvalue weighted by atomic mass is 10.3. The van der Waals surface area contributed by atoms with Gasteiger partial charge < -0.3 is 4.90 Å². The molecule has 6 heteroatoms. The lowest BCUT2D eigenvalue weighted by molar-refractivity contribution is -0.884. The summed E-state index contributed by atoms with van der Waals surface area (Å²) in [6, 6.07) is 9.89. The number of likely N-dealkylation sites (N-methyl/N-ethyl adjacent to an activating group) is 1. The number of nitrogens with zero attached hydrogens (tertiary/aromatic N) is 3. The number of hydrogen-bond acceptors (Lipinski definition) is 3. The lowest BCUT2D eigenvalue weighted by Crippen LogP contribution is -3.12. The molecule has 1 saturated heterocycles. The first-order chi connectivity index (χ1) is 11.2. The third kappa shape index (κ3) is 4.28. The second-order valence-electron chi connectivity index (χ2n) is 5.81. The van der Waals surface area contributed by atoms with Crippen molar-refractivity contribution in [3.05, 3.63) is 54.4 Å². The van der Waals surface area contributed by atoms with Crippen LogP contribution < -0.4 is 10.3 Å². The van der Waals surface area contributed by atoms with E-state index in [1.165, 1.54) is 4.90 Å². The monoisotopic (exact) mass is 312 g/mol. The maximum absolute atomic E-state index is 12.0. The van der Waals surface area contributed by atoms with Gasteiger partial charge in [0.15, 0.2) is 0 Å². The molecule has 0 radical (unpaired) electrons. The molecule has 0 saturated carbocycles. The number of para-hydroxylation sites is 1. The summed E-state index contributed by atoms with van der Waals surface area (Å²) in [5, 5.41) is 6.29. The molecule has 1 amide bonds. The summed E-state index contributed by atoms with van der Waals surface area (Å²) < 4.78 is 1.79. The zero-order valence-electron chi connectivity index (χ0n) is 13.3. The molecule has 0 aliphatic carbocycles. The Kier molecular flexibility index (Phi) is 4.85. The fraction of sp³-hybridized carbons (Fsp3) is 0.294. The topological polar surface area (TPSA) is 54.6 Å². The molecule has 1 aliphatic rings. The molecular weight excluding hydrogens is 290 g/mol. The van der Waals surface area contributed by atoms with E-state index in [-0.39, 0.29) is 5.91 Å². The van der Waals surface area contributed by atoms with E-state index in [0.29, 0.717) is 0 Å². The fourth-order valence-electron chi connectivity index (χ4n) is 2.51. The van der Waals surface area contributed by atoms with Gasteiger partial charge in [0, 0.05) is 17.8 Å². The maximum atomic E-state index is 12.0. The minimum Gasteiger partial charge on any atom is -0.335 e. The summed E-state index contributed by atoms with van der Waals surface area (Å²) in [5.74, 6) is -0.1000. The van der Waals surface area contributed by atoms with Gasteiger partial charge in [-0.3, -0.25) is 10.2 Å². The molecule has 23 heavy (non-hydrogen) atoms. The Morgan fingerprint density at radius 1 is 1.26 bits per heavy atom. The van der Waals surface area contributed by atoms with E-state index in [0.717, 1.165) is 37.4 Å². The standard InChI is InChI=1S/C17H21N5O/c1-20-9-11-21(12-10-20)19-17(23)8-7-15-13-18-22(14-15)16-5-3-2-4-6-16/h2-8,13-14H,9-12H2,1H3,(H,19,23)/p+1/b8-7+. The van der Waals surface area contributed by atoms with Gasteiger partial charge >= 0.3 is 0 Å². The SMILES string of the molecule is C[NH+]1CCN(NC(=O)/C=C/c2cnn(-c3ccccc3)c2)CC1. The maximum Gasteiger partial charge on any atom is 0.258 e. The van der Waals surface area contributed by atoms with E-state index in [2.05, 4.69) is 17.6 Å². The number of aromatic nitrogens is 2. The normalized spacial score (nSPS) is 16.7. The van der Waals surface area contributed by atoms with Crippen LogP contribution >= 0.6 is 0 Å². The predicted octanol–water partition coefficient (Wildman–Crippen LogP) is -0.253. The van der Waals surface area contributed by atoms with Gasteiger partial charge in [0.2, 0.25) is 0 Å². The van der Waals surface area contributed by atoms with Crippen LogP contribution in [0.3, 0.4) is 0 Å². The smallest absolute Gasteiger partial charge is 0.258 e. The van der Waals surface area contributed by atoms with Gasteiger partial charge in [0.25, 0.3) is 5.91 Å². The number of piperazine rings is 1. The second kappa shape index (κ2) is 7.21. The number of quaternary nitrogens is 1. The number of nitrogens with one attached hydrogen (secondary N) is 2. The van der Waals surface area contributed by atoms with Crippen molar-refractivity contribution < 1.29 is 9.69 Å². The number of carbonyl (C=O) groups is 1. The van der Waals surface area contributed by atoms with E-state index < -0.39 is 0 Å². The Morgan fingerprint density at radius 2 is 2.00 bits per heavy atom. The molecule has 1 aromatic heterocycles. The Balaban J connectivity index is 1.55. The van der Waals surface area contributed by atoms with E-state index in [9.17, 15) is 4.79 Å². The molecule has 0 bridgehead atoms. The molecule has 0 atom stereocenters. The number of hydrazine groups is 1. The van der Waals surface area contributed by atoms with Crippen molar-refractivity contribution in [2.45, 2.75) is 0 Å². The van der Waals surface area contributed by atoms with Gasteiger partial charge in [-0.05, 0) is 18.2 Å². The molecule has 6 nitrogen and oxygen atoms in total. The van der Waals surface area contributed by atoms with Crippen LogP contribution in [0.2, 0.25) is 0 Å². The third-order valence-corrected chi connectivity index (χ3v) is 3.94. The van der Waals surface area contributed by atoms with E-state index in [1.807, 2.05) is 41.5 Å². The van der Waals surface area contributed by atoms with Crippen LogP contribution in [-0.4, -0.2) is 53.9 Å². The van der Waals surface area contributed by atoms with Crippen molar-refractivity contribution in [1.82, 2.24) is 20.2 Å². The highest BCUT2D eigenvalue weighted by Crippen LogP contribution is 2.08. The van der Waals surface area contributed by atoms with Crippen LogP contribution in [-0.2, 0) is 4.79 Å². The van der Waals surface area contributed by atoms with Gasteiger partial charge in [-0.1, -0.05) is 18.2 Å². The van der Waals surface area contributed by atoms with Crippen LogP contribution in [0.1, 0.15) is 5.56 Å². The Labute approximate surface area is 136 Å². The first-order valence-corrected chi connectivity index (χ1v) is 7.86. The number of hydrogen-bond donors (Lipinski definition) is 2. The van der Waals surface area contributed by atoms with Crippen LogP contribution in [0.5, 0.6) is 0 Å². The van der Waals surface area contributed by atoms with Crippen molar-refractivity contribution in [2.75, 3.05) is 33.2 Å². The molecule has 120 valence electrons. The summed E-state index contributed by atoms with van der Waals surface area (Å²) in [5.41, 5.74) is 4.81. The van der Waals surface area contributed by atoms with Crippen LogP contribution in [0.4, 0.5) is 0 Å². The average molecular weight is 312 g/mol. The highest BCUT2D eigenvalue weighted by Gasteiger charge is 2.17. The Bertz CT molecular complexity index is 671. The molecule has 1 fully saturated rings. The lowest BCUT2D eigenvalue weighted by Gasteiger charge is -2.29. The number of amides is 1. The third-order valence-electron chi connectivity index (χ3n) is 3.94. The fourth-order valence-corrected chi connectivity index (χ4v) is 2.51. The van der Waals surface area contributed by atoms with Crippen molar-refractivity contribution in [3.63, 3.8) is 0 Å². The summed E-state index contributed by atoms with van der Waals surface area (Å²) in [7, 11) is 2.17. The highest BCUT2D eigenvalue weighted by molar-refractivity contribution is 5.91. The van der Waals surface area contributed by atoms with Crippen molar-refractivity contribution in [3.8, 4) is 5.69 Å². The van der Waals surface area contributed by atoms with Gasteiger partial charge in [0.05, 0.1) is 45.1 Å². The number of carbonyl (C=O) groups excluding carboxylic acids is 1. The minimum atomic E-state index is -0.1000. The van der Waals surface area contributed by atoms with Gasteiger partial charge in [-0.25, -0.2) is 9.69 Å². The van der Waals surface area contributed by atoms with Crippen LogP contribution in [0, 0.1) is 0 Å². The predicted molar refractivity (Wildman–Crippen MR) is 88.9 cm³/mol. The van der Waals surface area contributed by atoms with E-state index >= 15 is 0 Å². The Hall–Kier alpha value is -2.44. The van der Waals surface area contributed by atoms with E-state index in [1.54, 1.807) is 23.0 Å². The molecule has 2 N–H and O–H groups in total. The summed E-state index contributed by atoms with van der Waals surface area (Å²) in [4.78, 5) is 13.5. The van der Waals surface area contributed by atoms with Gasteiger partial charge in [-0.2, -0.15) is 5.10 Å². The number of benzene rings is 1. The molecule has 1 aliphatic heterocycles. The average Bonchev–Trinajstić information content (AvgIpc) is 3.05.